The second-order valence-electron chi connectivity index (χ2n) is 17.2. The molecular weight excluding hydrogens is 837 g/mol. The van der Waals surface area contributed by atoms with E-state index < -0.39 is 23.8 Å². The smallest absolute Gasteiger partial charge is 0.410 e. The van der Waals surface area contributed by atoms with Gasteiger partial charge in [0, 0.05) is 37.7 Å². The maximum Gasteiger partial charge on any atom is 0.410 e. The van der Waals surface area contributed by atoms with E-state index in [0.29, 0.717) is 60.3 Å². The summed E-state index contributed by atoms with van der Waals surface area (Å²) in [4.78, 5) is 22.4. The van der Waals surface area contributed by atoms with E-state index in [1.807, 2.05) is 67.6 Å². The van der Waals surface area contributed by atoms with E-state index in [1.54, 1.807) is 17.1 Å². The summed E-state index contributed by atoms with van der Waals surface area (Å²) in [7, 11) is 0. The van der Waals surface area contributed by atoms with Crippen LogP contribution >= 0.6 is 0 Å². The fourth-order valence-electron chi connectivity index (χ4n) is 10.2. The number of oxime groups is 1. The van der Waals surface area contributed by atoms with Crippen molar-refractivity contribution in [1.29, 1.82) is 0 Å². The highest BCUT2D eigenvalue weighted by Gasteiger charge is 2.65. The second kappa shape index (κ2) is 21.9. The molecule has 2 aliphatic carbocycles. The van der Waals surface area contributed by atoms with Gasteiger partial charge < -0.3 is 43.5 Å². The van der Waals surface area contributed by atoms with Crippen molar-refractivity contribution in [3.63, 3.8) is 0 Å². The highest BCUT2D eigenvalue weighted by molar-refractivity contribution is 6.03. The maximum atomic E-state index is 14.8. The van der Waals surface area contributed by atoms with Crippen molar-refractivity contribution in [1.82, 2.24) is 4.90 Å². The molecule has 6 atom stereocenters. The van der Waals surface area contributed by atoms with Crippen molar-refractivity contribution >= 4 is 11.8 Å². The van der Waals surface area contributed by atoms with Gasteiger partial charge in [0.1, 0.15) is 29.9 Å². The number of fused-ring (bicyclic) bond motifs is 3. The Kier molecular flexibility index (Phi) is 15.4. The van der Waals surface area contributed by atoms with Crippen LogP contribution in [0.25, 0.3) is 11.1 Å². The molecule has 12 nitrogen and oxygen atoms in total. The fraction of sp³-hybridized carbons (Fsp3) is 0.407. The zero-order valence-electron chi connectivity index (χ0n) is 37.9. The van der Waals surface area contributed by atoms with Crippen LogP contribution in [0.5, 0.6) is 28.7 Å². The molecule has 348 valence electrons. The maximum absolute atomic E-state index is 14.8. The van der Waals surface area contributed by atoms with Gasteiger partial charge >= 0.3 is 6.09 Å². The van der Waals surface area contributed by atoms with Crippen molar-refractivity contribution in [2.24, 2.45) is 22.9 Å². The molecule has 4 aliphatic rings. The lowest BCUT2D eigenvalue weighted by Crippen LogP contribution is -2.70. The van der Waals surface area contributed by atoms with Crippen molar-refractivity contribution < 1.29 is 48.3 Å². The molecule has 1 saturated carbocycles. The van der Waals surface area contributed by atoms with Gasteiger partial charge in [0.25, 0.3) is 0 Å². The third-order valence-corrected chi connectivity index (χ3v) is 13.1. The number of allylic oxidation sites excluding steroid dienone is 1. The van der Waals surface area contributed by atoms with E-state index >= 15 is 0 Å². The van der Waals surface area contributed by atoms with Crippen molar-refractivity contribution in [2.45, 2.75) is 82.6 Å². The molecule has 0 radical (unpaired) electrons. The molecule has 0 bridgehead atoms. The first kappa shape index (κ1) is 46.4. The van der Waals surface area contributed by atoms with E-state index in [0.717, 1.165) is 53.5 Å². The normalized spacial score (nSPS) is 22.9. The third-order valence-electron chi connectivity index (χ3n) is 13.1. The number of nitrogens with zero attached hydrogens (tertiary/aromatic N) is 2. The Morgan fingerprint density at radius 2 is 1.61 bits per heavy atom. The van der Waals surface area contributed by atoms with Gasteiger partial charge in [-0.05, 0) is 116 Å². The highest BCUT2D eigenvalue weighted by atomic mass is 16.7. The monoisotopic (exact) mass is 898 g/mol. The summed E-state index contributed by atoms with van der Waals surface area (Å²) in [6.07, 6.45) is 10.5. The summed E-state index contributed by atoms with van der Waals surface area (Å²) < 4.78 is 38.6. The molecule has 0 aromatic heterocycles. The number of carbonyl (C=O) groups is 1. The van der Waals surface area contributed by atoms with Crippen LogP contribution in [-0.2, 0) is 20.9 Å². The third kappa shape index (κ3) is 10.0. The van der Waals surface area contributed by atoms with E-state index in [4.69, 9.17) is 38.4 Å². The molecule has 1 amide bonds. The Bertz CT molecular complexity index is 2350. The first-order valence-electron chi connectivity index (χ1n) is 23.4. The first-order chi connectivity index (χ1) is 32.4. The number of aliphatic hydroxyl groups excluding tert-OH is 2. The van der Waals surface area contributed by atoms with E-state index in [-0.39, 0.29) is 63.9 Å². The lowest BCUT2D eigenvalue weighted by molar-refractivity contribution is -0.256. The minimum absolute atomic E-state index is 0.0349. The van der Waals surface area contributed by atoms with Gasteiger partial charge in [-0.1, -0.05) is 84.8 Å². The molecule has 66 heavy (non-hydrogen) atoms. The topological polar surface area (TPSA) is 138 Å². The van der Waals surface area contributed by atoms with Gasteiger partial charge in [-0.3, -0.25) is 4.90 Å². The molecule has 0 spiro atoms. The molecule has 2 heterocycles. The van der Waals surface area contributed by atoms with Crippen LogP contribution in [0, 0.1) is 17.8 Å². The van der Waals surface area contributed by atoms with Crippen LogP contribution in [0.4, 0.5) is 4.79 Å². The highest BCUT2D eigenvalue weighted by Crippen LogP contribution is 2.62. The molecular formula is C54H62N2O10. The standard InChI is InChI=1S/C54H62N2O10/c1-4-7-30-60-53(59)56(35-37-19-25-48-49(31-37)62-36-61-48)50-34-46(55-64-6-3)44-32-40(17-11-13-27-57)43(18-12-14-28-58)51-45-33-42(24-26-47(45)66-54(50,52(44)51)63-29-5-2)65-41-22-20-39(21-23-41)38-15-9-8-10-16-38/h4-5,8-10,15-16,19-26,31-33,40,43,50-52,57-58H,1-2,6-7,11-14,17-18,27-30,34-36H2,3H3/t40-,43+,50-,51+,52+,54+/m0/s1. The second-order valence-corrected chi connectivity index (χ2v) is 17.2. The summed E-state index contributed by atoms with van der Waals surface area (Å²) in [6, 6.07) is 29.1. The predicted octanol–water partition coefficient (Wildman–Crippen LogP) is 10.7. The summed E-state index contributed by atoms with van der Waals surface area (Å²) in [5.74, 6) is 1.08. The summed E-state index contributed by atoms with van der Waals surface area (Å²) in [6.45, 7) is 10.8. The average molecular weight is 899 g/mol. The van der Waals surface area contributed by atoms with Gasteiger partial charge in [0.15, 0.2) is 11.5 Å². The van der Waals surface area contributed by atoms with Crippen LogP contribution < -0.4 is 18.9 Å². The summed E-state index contributed by atoms with van der Waals surface area (Å²) in [5, 5.41) is 24.8. The number of hydrogen-bond donors (Lipinski definition) is 2. The predicted molar refractivity (Wildman–Crippen MR) is 253 cm³/mol. The molecule has 0 saturated heterocycles. The first-order valence-corrected chi connectivity index (χ1v) is 23.4. The number of carbonyl (C=O) groups excluding carboxylic acids is 1. The minimum atomic E-state index is -1.47. The largest absolute Gasteiger partial charge is 0.459 e. The molecule has 4 aromatic carbocycles. The van der Waals surface area contributed by atoms with Crippen molar-refractivity contribution in [3.05, 3.63) is 139 Å². The lowest BCUT2D eigenvalue weighted by Gasteiger charge is -2.59. The van der Waals surface area contributed by atoms with Crippen LogP contribution in [-0.4, -0.2) is 78.6 Å². The quantitative estimate of drug-likeness (QED) is 0.0445. The Labute approximate surface area is 388 Å². The van der Waals surface area contributed by atoms with E-state index in [2.05, 4.69) is 49.6 Å². The number of hydrogen-bond acceptors (Lipinski definition) is 11. The van der Waals surface area contributed by atoms with Crippen LogP contribution in [0.3, 0.4) is 0 Å². The van der Waals surface area contributed by atoms with Gasteiger partial charge in [-0.2, -0.15) is 0 Å². The fourth-order valence-corrected chi connectivity index (χ4v) is 10.2. The number of benzene rings is 4. The molecule has 8 rings (SSSR count). The summed E-state index contributed by atoms with van der Waals surface area (Å²) in [5.41, 5.74) is 5.60. The SMILES string of the molecule is C=CCCOC(=O)N(Cc1ccc2c(c1)OCO2)[C@H]1CC(=NOCC)C2=C[C@H](CCCCO)[C@@H](CCCCO)[C@@H]3c4cc(Oc5ccc(-c6ccccc6)cc5)ccc4O[C@@]1(OCC=C)[C@H]23. The number of unbranched alkanes of at least 4 members (excludes halogenated alkanes) is 2. The molecule has 12 heteroatoms. The zero-order chi connectivity index (χ0) is 45.9. The Morgan fingerprint density at radius 1 is 0.864 bits per heavy atom. The van der Waals surface area contributed by atoms with E-state index in [1.165, 1.54) is 0 Å². The number of aliphatic hydroxyl groups is 2. The van der Waals surface area contributed by atoms with Gasteiger partial charge in [0.2, 0.25) is 12.6 Å². The molecule has 4 aromatic rings. The minimum Gasteiger partial charge on any atom is -0.459 e. The van der Waals surface area contributed by atoms with Gasteiger partial charge in [-0.25, -0.2) is 4.79 Å². The van der Waals surface area contributed by atoms with E-state index in [9.17, 15) is 15.0 Å². The Morgan fingerprint density at radius 3 is 2.36 bits per heavy atom. The Hall–Kier alpha value is -6.08. The molecule has 2 N–H and O–H groups in total. The van der Waals surface area contributed by atoms with Gasteiger partial charge in [-0.15, -0.1) is 13.2 Å². The van der Waals surface area contributed by atoms with Gasteiger partial charge in [0.05, 0.1) is 24.8 Å². The number of amides is 1. The number of ether oxygens (including phenoxy) is 6. The zero-order valence-corrected chi connectivity index (χ0v) is 37.9. The lowest BCUT2D eigenvalue weighted by atomic mass is 9.55. The molecule has 0 unspecified atom stereocenters. The average Bonchev–Trinajstić information content (AvgIpc) is 3.82. The molecule has 1 fully saturated rings. The van der Waals surface area contributed by atoms with Crippen LogP contribution in [0.1, 0.15) is 75.3 Å². The number of rotatable bonds is 22. The Balaban J connectivity index is 1.29. The van der Waals surface area contributed by atoms with Crippen molar-refractivity contribution in [2.75, 3.05) is 39.8 Å². The summed E-state index contributed by atoms with van der Waals surface area (Å²) >= 11 is 0. The van der Waals surface area contributed by atoms with Crippen molar-refractivity contribution in [3.8, 4) is 39.9 Å². The molecule has 2 aliphatic heterocycles. The van der Waals surface area contributed by atoms with Crippen LogP contribution in [0.2, 0.25) is 0 Å². The van der Waals surface area contributed by atoms with Crippen LogP contribution in [0.15, 0.2) is 133 Å².